The molecule has 71 valence electrons. The molecular weight excluding hydrogens is 196 g/mol. The van der Waals surface area contributed by atoms with Crippen LogP contribution in [-0.2, 0) is 7.05 Å². The number of aromatic nitrogens is 2. The summed E-state index contributed by atoms with van der Waals surface area (Å²) in [6.07, 6.45) is 3.14. The van der Waals surface area contributed by atoms with Crippen LogP contribution in [0.4, 0.5) is 0 Å². The van der Waals surface area contributed by atoms with Gasteiger partial charge >= 0.3 is 0 Å². The second kappa shape index (κ2) is 3.46. The van der Waals surface area contributed by atoms with Crippen molar-refractivity contribution >= 4 is 11.6 Å². The molecule has 0 atom stereocenters. The molecule has 0 fully saturated rings. The third-order valence-corrected chi connectivity index (χ3v) is 2.32. The van der Waals surface area contributed by atoms with Crippen LogP contribution in [0.25, 0.3) is 11.1 Å². The fraction of sp³-hybridized carbons (Fsp3) is 0.182. The molecule has 14 heavy (non-hydrogen) atoms. The largest absolute Gasteiger partial charge is 0.265 e. The van der Waals surface area contributed by atoms with E-state index in [-0.39, 0.29) is 0 Å². The number of hydrogen-bond donors (Lipinski definition) is 0. The van der Waals surface area contributed by atoms with Crippen LogP contribution in [0.1, 0.15) is 5.69 Å². The predicted octanol–water partition coefficient (Wildman–Crippen LogP) is 2.85. The van der Waals surface area contributed by atoms with E-state index < -0.39 is 0 Å². The summed E-state index contributed by atoms with van der Waals surface area (Å²) < 4.78 is 1.69. The minimum Gasteiger partial charge on any atom is -0.265 e. The van der Waals surface area contributed by atoms with Crippen molar-refractivity contribution in [3.05, 3.63) is 41.2 Å². The van der Waals surface area contributed by atoms with Crippen LogP contribution in [0.2, 0.25) is 5.02 Å². The zero-order chi connectivity index (χ0) is 10.1. The van der Waals surface area contributed by atoms with E-state index in [0.717, 1.165) is 21.8 Å². The minimum absolute atomic E-state index is 0.746. The van der Waals surface area contributed by atoms with Crippen molar-refractivity contribution in [2.45, 2.75) is 6.92 Å². The molecule has 0 aliphatic rings. The quantitative estimate of drug-likeness (QED) is 0.700. The Kier molecular flexibility index (Phi) is 2.30. The molecule has 1 aromatic heterocycles. The van der Waals surface area contributed by atoms with Crippen molar-refractivity contribution < 1.29 is 0 Å². The Labute approximate surface area is 88.1 Å². The molecule has 2 aromatic rings. The SMILES string of the molecule is Cc1nn(C)[c]c1-c1ccc(Cl)cc1. The zero-order valence-electron chi connectivity index (χ0n) is 8.08. The third-order valence-electron chi connectivity index (χ3n) is 2.07. The maximum Gasteiger partial charge on any atom is 0.0947 e. The third kappa shape index (κ3) is 1.66. The van der Waals surface area contributed by atoms with Gasteiger partial charge in [0.15, 0.2) is 0 Å². The predicted molar refractivity (Wildman–Crippen MR) is 57.2 cm³/mol. The maximum atomic E-state index is 5.81. The van der Waals surface area contributed by atoms with Gasteiger partial charge in [-0.05, 0) is 24.6 Å². The van der Waals surface area contributed by atoms with Gasteiger partial charge in [0, 0.05) is 17.6 Å². The van der Waals surface area contributed by atoms with E-state index >= 15 is 0 Å². The molecule has 0 amide bonds. The summed E-state index contributed by atoms with van der Waals surface area (Å²) >= 11 is 5.81. The highest BCUT2D eigenvalue weighted by molar-refractivity contribution is 6.30. The Morgan fingerprint density at radius 1 is 1.29 bits per heavy atom. The van der Waals surface area contributed by atoms with Crippen LogP contribution in [0.15, 0.2) is 24.3 Å². The molecule has 0 bridgehead atoms. The van der Waals surface area contributed by atoms with E-state index in [9.17, 15) is 0 Å². The summed E-state index contributed by atoms with van der Waals surface area (Å²) in [5.41, 5.74) is 3.11. The van der Waals surface area contributed by atoms with Gasteiger partial charge in [-0.15, -0.1) is 0 Å². The lowest BCUT2D eigenvalue weighted by molar-refractivity contribution is 0.751. The first-order valence-electron chi connectivity index (χ1n) is 4.35. The second-order valence-electron chi connectivity index (χ2n) is 3.20. The molecule has 0 aliphatic heterocycles. The van der Waals surface area contributed by atoms with Gasteiger partial charge in [-0.1, -0.05) is 23.7 Å². The second-order valence-corrected chi connectivity index (χ2v) is 3.64. The average Bonchev–Trinajstić information content (AvgIpc) is 2.47. The number of hydrogen-bond acceptors (Lipinski definition) is 1. The first-order chi connectivity index (χ1) is 6.66. The van der Waals surface area contributed by atoms with E-state index in [2.05, 4.69) is 11.3 Å². The lowest BCUT2D eigenvalue weighted by Gasteiger charge is -1.97. The normalized spacial score (nSPS) is 10.5. The number of rotatable bonds is 1. The molecule has 3 heteroatoms. The van der Waals surface area contributed by atoms with E-state index in [1.165, 1.54) is 0 Å². The van der Waals surface area contributed by atoms with Gasteiger partial charge in [-0.25, -0.2) is 0 Å². The van der Waals surface area contributed by atoms with Crippen molar-refractivity contribution in [3.63, 3.8) is 0 Å². The zero-order valence-corrected chi connectivity index (χ0v) is 8.84. The summed E-state index contributed by atoms with van der Waals surface area (Å²) in [7, 11) is 1.87. The molecule has 0 aliphatic carbocycles. The number of aryl methyl sites for hydroxylation is 2. The first kappa shape index (κ1) is 9.28. The minimum atomic E-state index is 0.746. The molecule has 1 heterocycles. The fourth-order valence-corrected chi connectivity index (χ4v) is 1.56. The van der Waals surface area contributed by atoms with E-state index in [1.807, 2.05) is 38.2 Å². The Hall–Kier alpha value is -1.28. The number of benzene rings is 1. The van der Waals surface area contributed by atoms with Crippen molar-refractivity contribution in [2.75, 3.05) is 0 Å². The summed E-state index contributed by atoms with van der Waals surface area (Å²) in [6.45, 7) is 1.97. The molecular formula is C11H10ClN2. The molecule has 2 rings (SSSR count). The van der Waals surface area contributed by atoms with Gasteiger partial charge in [-0.2, -0.15) is 5.10 Å². The summed E-state index contributed by atoms with van der Waals surface area (Å²) in [4.78, 5) is 0. The average molecular weight is 206 g/mol. The van der Waals surface area contributed by atoms with Gasteiger partial charge in [0.05, 0.1) is 11.9 Å². The molecule has 0 saturated heterocycles. The molecule has 0 unspecified atom stereocenters. The van der Waals surface area contributed by atoms with Crippen molar-refractivity contribution in [1.82, 2.24) is 9.78 Å². The van der Waals surface area contributed by atoms with Crippen LogP contribution in [0, 0.1) is 13.1 Å². The van der Waals surface area contributed by atoms with Gasteiger partial charge in [0.2, 0.25) is 0 Å². The highest BCUT2D eigenvalue weighted by Crippen LogP contribution is 2.23. The van der Waals surface area contributed by atoms with Crippen LogP contribution in [-0.4, -0.2) is 9.78 Å². The van der Waals surface area contributed by atoms with Crippen molar-refractivity contribution in [3.8, 4) is 11.1 Å². The van der Waals surface area contributed by atoms with Gasteiger partial charge in [-0.3, -0.25) is 4.68 Å². The van der Waals surface area contributed by atoms with Crippen LogP contribution in [0.5, 0.6) is 0 Å². The van der Waals surface area contributed by atoms with E-state index in [1.54, 1.807) is 4.68 Å². The molecule has 0 saturated carbocycles. The van der Waals surface area contributed by atoms with E-state index in [0.29, 0.717) is 0 Å². The monoisotopic (exact) mass is 205 g/mol. The molecule has 0 spiro atoms. The smallest absolute Gasteiger partial charge is 0.0947 e. The summed E-state index contributed by atoms with van der Waals surface area (Å²) in [6, 6.07) is 7.69. The number of halogens is 1. The standard InChI is InChI=1S/C11H10ClN2/c1-8-11(7-14(2)13-8)9-3-5-10(12)6-4-9/h3-6H,1-2H3. The fourth-order valence-electron chi connectivity index (χ4n) is 1.43. The highest BCUT2D eigenvalue weighted by Gasteiger charge is 2.05. The summed E-state index contributed by atoms with van der Waals surface area (Å²) in [5, 5.41) is 4.98. The molecule has 1 aromatic carbocycles. The van der Waals surface area contributed by atoms with Gasteiger partial charge < -0.3 is 0 Å². The Morgan fingerprint density at radius 2 is 1.93 bits per heavy atom. The van der Waals surface area contributed by atoms with Crippen LogP contribution in [0.3, 0.4) is 0 Å². The number of nitrogens with zero attached hydrogens (tertiary/aromatic N) is 2. The first-order valence-corrected chi connectivity index (χ1v) is 4.73. The summed E-state index contributed by atoms with van der Waals surface area (Å²) in [5.74, 6) is 0. The lowest BCUT2D eigenvalue weighted by Crippen LogP contribution is -1.86. The van der Waals surface area contributed by atoms with Crippen LogP contribution >= 0.6 is 11.6 Å². The molecule has 0 N–H and O–H groups in total. The van der Waals surface area contributed by atoms with Crippen LogP contribution < -0.4 is 0 Å². The molecule has 2 nitrogen and oxygen atoms in total. The van der Waals surface area contributed by atoms with Gasteiger partial charge in [0.1, 0.15) is 0 Å². The van der Waals surface area contributed by atoms with E-state index in [4.69, 9.17) is 11.6 Å². The Morgan fingerprint density at radius 3 is 2.43 bits per heavy atom. The lowest BCUT2D eigenvalue weighted by atomic mass is 10.1. The van der Waals surface area contributed by atoms with Gasteiger partial charge in [0.25, 0.3) is 0 Å². The maximum absolute atomic E-state index is 5.81. The Balaban J connectivity index is 2.49. The van der Waals surface area contributed by atoms with Crippen molar-refractivity contribution in [2.24, 2.45) is 7.05 Å². The topological polar surface area (TPSA) is 17.8 Å². The van der Waals surface area contributed by atoms with Crippen molar-refractivity contribution in [1.29, 1.82) is 0 Å². The Bertz CT molecular complexity index is 443. The highest BCUT2D eigenvalue weighted by atomic mass is 35.5. The molecule has 1 radical (unpaired) electrons.